The van der Waals surface area contributed by atoms with Gasteiger partial charge in [-0.3, -0.25) is 14.4 Å². The van der Waals surface area contributed by atoms with Crippen molar-refractivity contribution < 1.29 is 19.1 Å². The maximum atomic E-state index is 11.9. The number of hydrogen-bond acceptors (Lipinski definition) is 4. The van der Waals surface area contributed by atoms with E-state index in [1.54, 1.807) is 18.2 Å². The molecule has 0 saturated carbocycles. The lowest BCUT2D eigenvalue weighted by Crippen LogP contribution is -2.37. The van der Waals surface area contributed by atoms with E-state index in [-0.39, 0.29) is 30.6 Å². The molecule has 0 atom stereocenters. The number of ether oxygens (including phenoxy) is 1. The number of hydrogen-bond donors (Lipinski definition) is 2. The van der Waals surface area contributed by atoms with Crippen LogP contribution in [0.4, 0.5) is 0 Å². The van der Waals surface area contributed by atoms with E-state index in [1.165, 1.54) is 14.0 Å². The molecule has 0 radical (unpaired) electrons. The molecular formula is C16H22N2O4. The first-order valence-electron chi connectivity index (χ1n) is 7.19. The summed E-state index contributed by atoms with van der Waals surface area (Å²) in [7, 11) is 1.50. The molecule has 6 heteroatoms. The Kier molecular flexibility index (Phi) is 7.08. The molecular weight excluding hydrogens is 284 g/mol. The Hall–Kier alpha value is -2.37. The molecule has 0 bridgehead atoms. The van der Waals surface area contributed by atoms with Crippen LogP contribution in [0.2, 0.25) is 0 Å². The molecule has 0 aliphatic heterocycles. The first-order chi connectivity index (χ1) is 10.5. The number of carbonyl (C=O) groups is 3. The Bertz CT molecular complexity index is 555. The van der Waals surface area contributed by atoms with Crippen molar-refractivity contribution in [1.82, 2.24) is 10.6 Å². The maximum Gasteiger partial charge on any atom is 0.239 e. The smallest absolute Gasteiger partial charge is 0.239 e. The number of rotatable bonds is 8. The second-order valence-electron chi connectivity index (χ2n) is 4.89. The molecule has 0 aliphatic carbocycles. The van der Waals surface area contributed by atoms with E-state index in [9.17, 15) is 14.4 Å². The Morgan fingerprint density at radius 2 is 1.86 bits per heavy atom. The molecule has 0 spiro atoms. The minimum Gasteiger partial charge on any atom is -0.496 e. The van der Waals surface area contributed by atoms with Gasteiger partial charge in [-0.15, -0.1) is 0 Å². The second kappa shape index (κ2) is 8.81. The molecule has 0 fully saturated rings. The zero-order valence-corrected chi connectivity index (χ0v) is 13.2. The van der Waals surface area contributed by atoms with Crippen molar-refractivity contribution in [3.8, 4) is 5.75 Å². The van der Waals surface area contributed by atoms with Crippen LogP contribution in [-0.4, -0.2) is 37.8 Å². The van der Waals surface area contributed by atoms with Crippen LogP contribution in [0.1, 0.15) is 36.2 Å². The van der Waals surface area contributed by atoms with E-state index in [0.29, 0.717) is 23.4 Å². The van der Waals surface area contributed by atoms with Crippen LogP contribution in [0.5, 0.6) is 5.75 Å². The molecule has 2 amide bonds. The molecule has 1 aromatic carbocycles. The topological polar surface area (TPSA) is 84.5 Å². The third kappa shape index (κ3) is 5.55. The van der Waals surface area contributed by atoms with Crippen LogP contribution in [0.25, 0.3) is 0 Å². The van der Waals surface area contributed by atoms with E-state index in [2.05, 4.69) is 10.6 Å². The summed E-state index contributed by atoms with van der Waals surface area (Å²) in [5.74, 6) is -0.0656. The summed E-state index contributed by atoms with van der Waals surface area (Å²) in [6.07, 6.45) is 0.889. The summed E-state index contributed by atoms with van der Waals surface area (Å²) >= 11 is 0. The van der Waals surface area contributed by atoms with Gasteiger partial charge in [0, 0.05) is 17.7 Å². The Morgan fingerprint density at radius 3 is 2.45 bits per heavy atom. The molecule has 6 nitrogen and oxygen atoms in total. The second-order valence-corrected chi connectivity index (χ2v) is 4.89. The predicted molar refractivity (Wildman–Crippen MR) is 83.0 cm³/mol. The average molecular weight is 306 g/mol. The van der Waals surface area contributed by atoms with E-state index in [0.717, 1.165) is 6.42 Å². The minimum atomic E-state index is -0.300. The van der Waals surface area contributed by atoms with Crippen LogP contribution in [0.3, 0.4) is 0 Å². The highest BCUT2D eigenvalue weighted by atomic mass is 16.5. The van der Waals surface area contributed by atoms with Gasteiger partial charge in [0.25, 0.3) is 0 Å². The average Bonchev–Trinajstić information content (AvgIpc) is 2.50. The number of ketones is 1. The summed E-state index contributed by atoms with van der Waals surface area (Å²) < 4.78 is 5.19. The summed E-state index contributed by atoms with van der Waals surface area (Å²) in [6, 6.07) is 4.95. The molecule has 2 N–H and O–H groups in total. The third-order valence-electron chi connectivity index (χ3n) is 3.06. The predicted octanol–water partition coefficient (Wildman–Crippen LogP) is 1.08. The fraction of sp³-hybridized carbons (Fsp3) is 0.438. The SMILES string of the molecule is CCCNC(=O)CNC(=O)Cc1cc(C(C)=O)ccc1OC. The number of amides is 2. The van der Waals surface area contributed by atoms with Crippen LogP contribution >= 0.6 is 0 Å². The van der Waals surface area contributed by atoms with Gasteiger partial charge in [0.15, 0.2) is 5.78 Å². The standard InChI is InChI=1S/C16H22N2O4/c1-4-7-17-16(21)10-18-15(20)9-13-8-12(11(2)19)5-6-14(13)22-3/h5-6,8H,4,7,9-10H2,1-3H3,(H,17,21)(H,18,20). The van der Waals surface area contributed by atoms with Crippen molar-refractivity contribution in [2.45, 2.75) is 26.7 Å². The number of methoxy groups -OCH3 is 1. The number of Topliss-reactive ketones (excluding diaryl/α,β-unsaturated/α-hetero) is 1. The van der Waals surface area contributed by atoms with Crippen molar-refractivity contribution >= 4 is 17.6 Å². The zero-order valence-electron chi connectivity index (χ0n) is 13.2. The van der Waals surface area contributed by atoms with Gasteiger partial charge in [0.05, 0.1) is 20.1 Å². The fourth-order valence-electron chi connectivity index (χ4n) is 1.88. The van der Waals surface area contributed by atoms with Crippen LogP contribution in [0.15, 0.2) is 18.2 Å². The van der Waals surface area contributed by atoms with E-state index in [1.807, 2.05) is 6.92 Å². The van der Waals surface area contributed by atoms with Gasteiger partial charge in [-0.2, -0.15) is 0 Å². The Morgan fingerprint density at radius 1 is 1.14 bits per heavy atom. The zero-order chi connectivity index (χ0) is 16.5. The molecule has 0 aromatic heterocycles. The number of benzene rings is 1. The first kappa shape index (κ1) is 17.7. The molecule has 1 aromatic rings. The van der Waals surface area contributed by atoms with Gasteiger partial charge in [-0.25, -0.2) is 0 Å². The summed E-state index contributed by atoms with van der Waals surface area (Å²) in [5, 5.41) is 5.22. The van der Waals surface area contributed by atoms with Crippen molar-refractivity contribution in [2.24, 2.45) is 0 Å². The largest absolute Gasteiger partial charge is 0.496 e. The normalized spacial score (nSPS) is 9.95. The molecule has 0 unspecified atom stereocenters. The van der Waals surface area contributed by atoms with E-state index < -0.39 is 0 Å². The van der Waals surface area contributed by atoms with Gasteiger partial charge in [0.1, 0.15) is 5.75 Å². The molecule has 0 heterocycles. The Balaban J connectivity index is 2.65. The highest BCUT2D eigenvalue weighted by Crippen LogP contribution is 2.20. The van der Waals surface area contributed by atoms with Crippen molar-refractivity contribution in [3.63, 3.8) is 0 Å². The van der Waals surface area contributed by atoms with Crippen molar-refractivity contribution in [3.05, 3.63) is 29.3 Å². The van der Waals surface area contributed by atoms with Crippen molar-refractivity contribution in [2.75, 3.05) is 20.2 Å². The minimum absolute atomic E-state index is 0.0470. The molecule has 1 rings (SSSR count). The van der Waals surface area contributed by atoms with Gasteiger partial charge in [-0.05, 0) is 31.5 Å². The van der Waals surface area contributed by atoms with Crippen LogP contribution in [0, 0.1) is 0 Å². The van der Waals surface area contributed by atoms with Gasteiger partial charge >= 0.3 is 0 Å². The third-order valence-corrected chi connectivity index (χ3v) is 3.06. The number of carbonyl (C=O) groups excluding carboxylic acids is 3. The fourth-order valence-corrected chi connectivity index (χ4v) is 1.88. The van der Waals surface area contributed by atoms with Gasteiger partial charge in [0.2, 0.25) is 11.8 Å². The lowest BCUT2D eigenvalue weighted by atomic mass is 10.0. The van der Waals surface area contributed by atoms with Crippen LogP contribution < -0.4 is 15.4 Å². The molecule has 0 aliphatic rings. The van der Waals surface area contributed by atoms with Crippen molar-refractivity contribution in [1.29, 1.82) is 0 Å². The van der Waals surface area contributed by atoms with E-state index >= 15 is 0 Å². The first-order valence-corrected chi connectivity index (χ1v) is 7.19. The number of nitrogens with one attached hydrogen (secondary N) is 2. The highest BCUT2D eigenvalue weighted by molar-refractivity contribution is 5.95. The summed E-state index contributed by atoms with van der Waals surface area (Å²) in [6.45, 7) is 3.94. The summed E-state index contributed by atoms with van der Waals surface area (Å²) in [4.78, 5) is 34.7. The quantitative estimate of drug-likeness (QED) is 0.704. The lowest BCUT2D eigenvalue weighted by Gasteiger charge is -2.10. The summed E-state index contributed by atoms with van der Waals surface area (Å²) in [5.41, 5.74) is 1.13. The molecule has 22 heavy (non-hydrogen) atoms. The molecule has 0 saturated heterocycles. The lowest BCUT2D eigenvalue weighted by molar-refractivity contribution is -0.125. The highest BCUT2D eigenvalue weighted by Gasteiger charge is 2.12. The van der Waals surface area contributed by atoms with Crippen LogP contribution in [-0.2, 0) is 16.0 Å². The monoisotopic (exact) mass is 306 g/mol. The van der Waals surface area contributed by atoms with E-state index in [4.69, 9.17) is 4.74 Å². The Labute approximate surface area is 130 Å². The van der Waals surface area contributed by atoms with Gasteiger partial charge < -0.3 is 15.4 Å². The molecule has 120 valence electrons. The maximum absolute atomic E-state index is 11.9. The van der Waals surface area contributed by atoms with Gasteiger partial charge in [-0.1, -0.05) is 6.92 Å².